The molecule has 1 aromatic carbocycles. The highest BCUT2D eigenvalue weighted by atomic mass is 35.5. The predicted octanol–water partition coefficient (Wildman–Crippen LogP) is 2.76. The number of H-pyrrole nitrogens is 1. The number of hydrogen-bond donors (Lipinski definition) is 2. The molecule has 1 aromatic heterocycles. The summed E-state index contributed by atoms with van der Waals surface area (Å²) in [7, 11) is 0. The summed E-state index contributed by atoms with van der Waals surface area (Å²) in [5, 5.41) is 12.3. The molecule has 2 aromatic rings. The summed E-state index contributed by atoms with van der Waals surface area (Å²) in [5.41, 5.74) is 2.34. The minimum Gasteiger partial charge on any atom is -0.316 e. The molecule has 0 saturated carbocycles. The number of aromatic nitrogens is 2. The zero-order chi connectivity index (χ0) is 11.7. The molecular weight excluding hydrogens is 234 g/mol. The molecule has 1 atom stereocenters. The summed E-state index contributed by atoms with van der Waals surface area (Å²) in [6.07, 6.45) is 3.68. The first-order valence-electron chi connectivity index (χ1n) is 6.17. The topological polar surface area (TPSA) is 40.7 Å². The summed E-state index contributed by atoms with van der Waals surface area (Å²) in [6, 6.07) is 6.24. The molecule has 0 aliphatic carbocycles. The lowest BCUT2D eigenvalue weighted by molar-refractivity contribution is 0.376. The van der Waals surface area contributed by atoms with Gasteiger partial charge in [0.15, 0.2) is 0 Å². The summed E-state index contributed by atoms with van der Waals surface area (Å²) in [6.45, 7) is 2.28. The average Bonchev–Trinajstić information content (AvgIpc) is 2.74. The highest BCUT2D eigenvalue weighted by Crippen LogP contribution is 2.26. The van der Waals surface area contributed by atoms with Gasteiger partial charge in [0, 0.05) is 5.39 Å². The molecule has 1 saturated heterocycles. The van der Waals surface area contributed by atoms with Crippen molar-refractivity contribution >= 4 is 22.5 Å². The highest BCUT2D eigenvalue weighted by Gasteiger charge is 2.16. The Kier molecular flexibility index (Phi) is 3.04. The Morgan fingerprint density at radius 2 is 2.35 bits per heavy atom. The molecule has 0 amide bonds. The molecule has 0 spiro atoms. The fourth-order valence-corrected chi connectivity index (χ4v) is 2.83. The van der Waals surface area contributed by atoms with Crippen LogP contribution in [0, 0.1) is 5.92 Å². The van der Waals surface area contributed by atoms with E-state index in [1.807, 2.05) is 6.07 Å². The van der Waals surface area contributed by atoms with Gasteiger partial charge < -0.3 is 5.32 Å². The zero-order valence-electron chi connectivity index (χ0n) is 9.67. The lowest BCUT2D eigenvalue weighted by Gasteiger charge is -2.22. The lowest BCUT2D eigenvalue weighted by Crippen LogP contribution is -2.30. The second kappa shape index (κ2) is 4.67. The molecule has 17 heavy (non-hydrogen) atoms. The molecule has 3 rings (SSSR count). The van der Waals surface area contributed by atoms with Crippen LogP contribution in [0.4, 0.5) is 0 Å². The van der Waals surface area contributed by atoms with E-state index < -0.39 is 0 Å². The molecule has 90 valence electrons. The largest absolute Gasteiger partial charge is 0.316 e. The standard InChI is InChI=1S/C13H16ClN3/c14-13-11-5-1-4-10(12(11)16-17-13)7-9-3-2-6-15-8-9/h1,4-5,9,15H,2-3,6-8H2,(H,16,17). The minimum absolute atomic E-state index is 0.642. The molecule has 2 N–H and O–H groups in total. The Morgan fingerprint density at radius 3 is 3.18 bits per heavy atom. The Morgan fingerprint density at radius 1 is 1.41 bits per heavy atom. The minimum atomic E-state index is 0.642. The van der Waals surface area contributed by atoms with Gasteiger partial charge >= 0.3 is 0 Å². The van der Waals surface area contributed by atoms with Crippen molar-refractivity contribution in [2.45, 2.75) is 19.3 Å². The number of halogens is 1. The molecule has 4 heteroatoms. The molecule has 2 heterocycles. The van der Waals surface area contributed by atoms with Gasteiger partial charge in [-0.15, -0.1) is 0 Å². The van der Waals surface area contributed by atoms with Crippen LogP contribution in [-0.2, 0) is 6.42 Å². The summed E-state index contributed by atoms with van der Waals surface area (Å²) >= 11 is 6.06. The van der Waals surface area contributed by atoms with Crippen LogP contribution in [0.15, 0.2) is 18.2 Å². The normalized spacial score (nSPS) is 20.9. The first-order valence-corrected chi connectivity index (χ1v) is 6.54. The first-order chi connectivity index (χ1) is 8.34. The third kappa shape index (κ3) is 2.17. The Hall–Kier alpha value is -1.06. The van der Waals surface area contributed by atoms with Crippen molar-refractivity contribution in [2.24, 2.45) is 5.92 Å². The van der Waals surface area contributed by atoms with Crippen molar-refractivity contribution < 1.29 is 0 Å². The van der Waals surface area contributed by atoms with Crippen molar-refractivity contribution in [3.8, 4) is 0 Å². The Labute approximate surface area is 106 Å². The summed E-state index contributed by atoms with van der Waals surface area (Å²) in [5.74, 6) is 0.727. The summed E-state index contributed by atoms with van der Waals surface area (Å²) < 4.78 is 0. The number of nitrogens with zero attached hydrogens (tertiary/aromatic N) is 1. The van der Waals surface area contributed by atoms with Crippen LogP contribution in [0.3, 0.4) is 0 Å². The molecule has 1 aliphatic rings. The van der Waals surface area contributed by atoms with Crippen LogP contribution in [0.5, 0.6) is 0 Å². The molecule has 1 fully saturated rings. The monoisotopic (exact) mass is 249 g/mol. The Balaban J connectivity index is 1.89. The van der Waals surface area contributed by atoms with Crippen molar-refractivity contribution in [3.63, 3.8) is 0 Å². The third-order valence-electron chi connectivity index (χ3n) is 3.53. The van der Waals surface area contributed by atoms with Crippen LogP contribution in [0.25, 0.3) is 10.9 Å². The van der Waals surface area contributed by atoms with E-state index in [0.717, 1.165) is 36.3 Å². The number of benzene rings is 1. The highest BCUT2D eigenvalue weighted by molar-refractivity contribution is 6.34. The summed E-state index contributed by atoms with van der Waals surface area (Å²) in [4.78, 5) is 0. The quantitative estimate of drug-likeness (QED) is 0.859. The van der Waals surface area contributed by atoms with E-state index in [2.05, 4.69) is 27.6 Å². The van der Waals surface area contributed by atoms with Crippen molar-refractivity contribution in [1.82, 2.24) is 15.5 Å². The van der Waals surface area contributed by atoms with Crippen LogP contribution >= 0.6 is 11.6 Å². The maximum atomic E-state index is 6.06. The first kappa shape index (κ1) is 11.1. The SMILES string of the molecule is Clc1[nH]nc2c(CC3CCCNC3)cccc12. The van der Waals surface area contributed by atoms with Gasteiger partial charge in [-0.25, -0.2) is 0 Å². The van der Waals surface area contributed by atoms with E-state index in [0.29, 0.717) is 5.15 Å². The molecular formula is C13H16ClN3. The fraction of sp³-hybridized carbons (Fsp3) is 0.462. The molecule has 0 bridgehead atoms. The van der Waals surface area contributed by atoms with Gasteiger partial charge in [-0.3, -0.25) is 5.10 Å². The van der Waals surface area contributed by atoms with Gasteiger partial charge in [-0.05, 0) is 49.9 Å². The van der Waals surface area contributed by atoms with E-state index in [-0.39, 0.29) is 0 Å². The van der Waals surface area contributed by atoms with Gasteiger partial charge in [-0.2, -0.15) is 5.10 Å². The van der Waals surface area contributed by atoms with Crippen molar-refractivity contribution in [2.75, 3.05) is 13.1 Å². The van der Waals surface area contributed by atoms with E-state index >= 15 is 0 Å². The maximum absolute atomic E-state index is 6.06. The smallest absolute Gasteiger partial charge is 0.132 e. The maximum Gasteiger partial charge on any atom is 0.132 e. The van der Waals surface area contributed by atoms with E-state index in [1.165, 1.54) is 18.4 Å². The number of hydrogen-bond acceptors (Lipinski definition) is 2. The van der Waals surface area contributed by atoms with Gasteiger partial charge in [0.1, 0.15) is 5.15 Å². The number of nitrogens with one attached hydrogen (secondary N) is 2. The second-order valence-electron chi connectivity index (χ2n) is 4.77. The van der Waals surface area contributed by atoms with E-state index in [1.54, 1.807) is 0 Å². The van der Waals surface area contributed by atoms with Crippen molar-refractivity contribution in [1.29, 1.82) is 0 Å². The Bertz CT molecular complexity index is 514. The number of aromatic amines is 1. The number of para-hydroxylation sites is 1. The fourth-order valence-electron chi connectivity index (χ4n) is 2.64. The van der Waals surface area contributed by atoms with Crippen LogP contribution < -0.4 is 5.32 Å². The predicted molar refractivity (Wildman–Crippen MR) is 70.4 cm³/mol. The number of fused-ring (bicyclic) bond motifs is 1. The molecule has 3 nitrogen and oxygen atoms in total. The van der Waals surface area contributed by atoms with Gasteiger partial charge in [0.25, 0.3) is 0 Å². The number of piperidine rings is 1. The van der Waals surface area contributed by atoms with Crippen LogP contribution in [0.1, 0.15) is 18.4 Å². The number of rotatable bonds is 2. The zero-order valence-corrected chi connectivity index (χ0v) is 10.4. The average molecular weight is 250 g/mol. The second-order valence-corrected chi connectivity index (χ2v) is 5.15. The molecule has 0 radical (unpaired) electrons. The van der Waals surface area contributed by atoms with Crippen LogP contribution in [-0.4, -0.2) is 23.3 Å². The molecule has 1 aliphatic heterocycles. The van der Waals surface area contributed by atoms with Crippen molar-refractivity contribution in [3.05, 3.63) is 28.9 Å². The molecule has 1 unspecified atom stereocenters. The lowest BCUT2D eigenvalue weighted by atomic mass is 9.91. The van der Waals surface area contributed by atoms with E-state index in [4.69, 9.17) is 11.6 Å². The van der Waals surface area contributed by atoms with E-state index in [9.17, 15) is 0 Å². The van der Waals surface area contributed by atoms with Crippen LogP contribution in [0.2, 0.25) is 5.15 Å². The van der Waals surface area contributed by atoms with Gasteiger partial charge in [0.2, 0.25) is 0 Å². The van der Waals surface area contributed by atoms with Gasteiger partial charge in [-0.1, -0.05) is 23.7 Å². The van der Waals surface area contributed by atoms with Gasteiger partial charge in [0.05, 0.1) is 5.52 Å². The third-order valence-corrected chi connectivity index (χ3v) is 3.82.